The van der Waals surface area contributed by atoms with Gasteiger partial charge in [-0.25, -0.2) is 4.98 Å². The lowest BCUT2D eigenvalue weighted by molar-refractivity contribution is 0.195. The number of pyridine rings is 1. The molecule has 102 valence electrons. The average Bonchev–Trinajstić information content (AvgIpc) is 2.68. The summed E-state index contributed by atoms with van der Waals surface area (Å²) in [5.41, 5.74) is 3.81. The standard InChI is InChI=1S/C15H21N3S/c1-10-6-9-16-13-12(10)17-14(19)18(13)11-4-7-15(2,3)8-5-11/h6,9,11H,4-5,7-8H2,1-3H3,(H,17,19). The van der Waals surface area contributed by atoms with E-state index < -0.39 is 0 Å². The molecule has 3 rings (SSSR count). The fourth-order valence-electron chi connectivity index (χ4n) is 3.13. The van der Waals surface area contributed by atoms with Crippen LogP contribution >= 0.6 is 12.2 Å². The quantitative estimate of drug-likeness (QED) is 0.775. The van der Waals surface area contributed by atoms with Crippen molar-refractivity contribution in [3.05, 3.63) is 22.6 Å². The number of aromatic nitrogens is 3. The summed E-state index contributed by atoms with van der Waals surface area (Å²) < 4.78 is 3.06. The molecule has 0 amide bonds. The molecule has 1 N–H and O–H groups in total. The Morgan fingerprint density at radius 2 is 2.05 bits per heavy atom. The summed E-state index contributed by atoms with van der Waals surface area (Å²) in [5, 5.41) is 0. The third kappa shape index (κ3) is 2.22. The molecule has 4 heteroatoms. The van der Waals surface area contributed by atoms with Gasteiger partial charge in [0, 0.05) is 12.2 Å². The monoisotopic (exact) mass is 275 g/mol. The summed E-state index contributed by atoms with van der Waals surface area (Å²) >= 11 is 5.52. The first-order chi connectivity index (χ1) is 8.98. The van der Waals surface area contributed by atoms with Crippen LogP contribution in [0.3, 0.4) is 0 Å². The number of nitrogens with one attached hydrogen (secondary N) is 1. The fraction of sp³-hybridized carbons (Fsp3) is 0.600. The molecule has 0 aliphatic heterocycles. The highest BCUT2D eigenvalue weighted by atomic mass is 32.1. The predicted molar refractivity (Wildman–Crippen MR) is 80.9 cm³/mol. The van der Waals surface area contributed by atoms with E-state index >= 15 is 0 Å². The van der Waals surface area contributed by atoms with E-state index in [1.807, 2.05) is 12.3 Å². The Morgan fingerprint density at radius 3 is 2.74 bits per heavy atom. The molecule has 1 aliphatic carbocycles. The van der Waals surface area contributed by atoms with Gasteiger partial charge in [-0.2, -0.15) is 0 Å². The van der Waals surface area contributed by atoms with Crippen molar-refractivity contribution in [3.63, 3.8) is 0 Å². The maximum absolute atomic E-state index is 5.52. The Hall–Kier alpha value is -1.16. The third-order valence-corrected chi connectivity index (χ3v) is 4.79. The van der Waals surface area contributed by atoms with Crippen LogP contribution < -0.4 is 0 Å². The summed E-state index contributed by atoms with van der Waals surface area (Å²) in [4.78, 5) is 7.87. The van der Waals surface area contributed by atoms with Gasteiger partial charge in [-0.3, -0.25) is 4.57 Å². The molecule has 2 heterocycles. The van der Waals surface area contributed by atoms with E-state index in [0.29, 0.717) is 11.5 Å². The molecule has 0 bridgehead atoms. The Balaban J connectivity index is 2.04. The van der Waals surface area contributed by atoms with Crippen LogP contribution in [-0.4, -0.2) is 14.5 Å². The van der Waals surface area contributed by atoms with E-state index in [1.165, 1.54) is 31.2 Å². The summed E-state index contributed by atoms with van der Waals surface area (Å²) in [5.74, 6) is 0. The van der Waals surface area contributed by atoms with Crippen molar-refractivity contribution < 1.29 is 0 Å². The first kappa shape index (κ1) is 12.9. The summed E-state index contributed by atoms with van der Waals surface area (Å²) in [6.45, 7) is 6.82. The van der Waals surface area contributed by atoms with Crippen molar-refractivity contribution in [2.24, 2.45) is 5.41 Å². The van der Waals surface area contributed by atoms with E-state index in [-0.39, 0.29) is 0 Å². The molecule has 0 aromatic carbocycles. The van der Waals surface area contributed by atoms with Crippen LogP contribution in [0.15, 0.2) is 12.3 Å². The maximum Gasteiger partial charge on any atom is 0.179 e. The largest absolute Gasteiger partial charge is 0.329 e. The molecule has 2 aromatic rings. The molecular formula is C15H21N3S. The minimum Gasteiger partial charge on any atom is -0.329 e. The number of aromatic amines is 1. The zero-order chi connectivity index (χ0) is 13.6. The zero-order valence-corrected chi connectivity index (χ0v) is 12.7. The van der Waals surface area contributed by atoms with Crippen molar-refractivity contribution in [2.75, 3.05) is 0 Å². The fourth-order valence-corrected chi connectivity index (χ4v) is 3.46. The van der Waals surface area contributed by atoms with Gasteiger partial charge in [-0.1, -0.05) is 13.8 Å². The van der Waals surface area contributed by atoms with E-state index in [9.17, 15) is 0 Å². The van der Waals surface area contributed by atoms with E-state index in [4.69, 9.17) is 12.2 Å². The predicted octanol–water partition coefficient (Wildman–Crippen LogP) is 4.54. The lowest BCUT2D eigenvalue weighted by Gasteiger charge is -2.34. The summed E-state index contributed by atoms with van der Waals surface area (Å²) in [6.07, 6.45) is 6.80. The normalized spacial score (nSPS) is 19.9. The molecule has 0 spiro atoms. The van der Waals surface area contributed by atoms with Crippen molar-refractivity contribution >= 4 is 23.4 Å². The lowest BCUT2D eigenvalue weighted by atomic mass is 9.75. The number of aryl methyl sites for hydroxylation is 1. The third-order valence-electron chi connectivity index (χ3n) is 4.49. The highest BCUT2D eigenvalue weighted by molar-refractivity contribution is 7.71. The van der Waals surface area contributed by atoms with Crippen LogP contribution in [0.1, 0.15) is 51.1 Å². The molecule has 0 saturated heterocycles. The van der Waals surface area contributed by atoms with Gasteiger partial charge in [0.05, 0.1) is 5.52 Å². The van der Waals surface area contributed by atoms with Crippen LogP contribution in [0, 0.1) is 17.1 Å². The number of rotatable bonds is 1. The Bertz CT molecular complexity index is 656. The Morgan fingerprint density at radius 1 is 1.37 bits per heavy atom. The second-order valence-corrected chi connectivity index (χ2v) is 6.91. The number of hydrogen-bond donors (Lipinski definition) is 1. The molecule has 0 radical (unpaired) electrons. The lowest BCUT2D eigenvalue weighted by Crippen LogP contribution is -2.23. The second kappa shape index (κ2) is 4.44. The van der Waals surface area contributed by atoms with Crippen LogP contribution in [0.4, 0.5) is 0 Å². The molecular weight excluding hydrogens is 254 g/mol. The highest BCUT2D eigenvalue weighted by Crippen LogP contribution is 2.41. The van der Waals surface area contributed by atoms with Gasteiger partial charge in [0.2, 0.25) is 0 Å². The molecule has 2 aromatic heterocycles. The summed E-state index contributed by atoms with van der Waals surface area (Å²) in [7, 11) is 0. The van der Waals surface area contributed by atoms with Gasteiger partial charge in [-0.05, 0) is 61.9 Å². The second-order valence-electron chi connectivity index (χ2n) is 6.52. The highest BCUT2D eigenvalue weighted by Gasteiger charge is 2.29. The smallest absolute Gasteiger partial charge is 0.179 e. The van der Waals surface area contributed by atoms with E-state index in [2.05, 4.69) is 35.3 Å². The van der Waals surface area contributed by atoms with Crippen LogP contribution in [-0.2, 0) is 0 Å². The van der Waals surface area contributed by atoms with E-state index in [1.54, 1.807) is 0 Å². The first-order valence-electron chi connectivity index (χ1n) is 7.04. The topological polar surface area (TPSA) is 33.6 Å². The Kier molecular flexibility index (Phi) is 3.01. The van der Waals surface area contributed by atoms with Gasteiger partial charge >= 0.3 is 0 Å². The van der Waals surface area contributed by atoms with Crippen LogP contribution in [0.25, 0.3) is 11.2 Å². The van der Waals surface area contributed by atoms with Gasteiger partial charge in [0.15, 0.2) is 10.4 Å². The van der Waals surface area contributed by atoms with Crippen LogP contribution in [0.2, 0.25) is 0 Å². The number of imidazole rings is 1. The van der Waals surface area contributed by atoms with Crippen molar-refractivity contribution in [1.82, 2.24) is 14.5 Å². The van der Waals surface area contributed by atoms with Gasteiger partial charge in [0.25, 0.3) is 0 Å². The molecule has 1 aliphatic rings. The zero-order valence-electron chi connectivity index (χ0n) is 11.9. The van der Waals surface area contributed by atoms with Gasteiger partial charge in [0.1, 0.15) is 0 Å². The minimum atomic E-state index is 0.480. The van der Waals surface area contributed by atoms with E-state index in [0.717, 1.165) is 15.9 Å². The molecule has 19 heavy (non-hydrogen) atoms. The van der Waals surface area contributed by atoms with Crippen molar-refractivity contribution in [3.8, 4) is 0 Å². The number of H-pyrrole nitrogens is 1. The number of fused-ring (bicyclic) bond motifs is 1. The molecule has 0 atom stereocenters. The molecule has 1 saturated carbocycles. The minimum absolute atomic E-state index is 0.480. The number of hydrogen-bond acceptors (Lipinski definition) is 2. The average molecular weight is 275 g/mol. The molecule has 3 nitrogen and oxygen atoms in total. The van der Waals surface area contributed by atoms with Crippen LogP contribution in [0.5, 0.6) is 0 Å². The van der Waals surface area contributed by atoms with Gasteiger partial charge in [-0.15, -0.1) is 0 Å². The first-order valence-corrected chi connectivity index (χ1v) is 7.45. The van der Waals surface area contributed by atoms with Crippen molar-refractivity contribution in [2.45, 2.75) is 52.5 Å². The van der Waals surface area contributed by atoms with Gasteiger partial charge < -0.3 is 4.98 Å². The molecule has 1 fully saturated rings. The van der Waals surface area contributed by atoms with Crippen molar-refractivity contribution in [1.29, 1.82) is 0 Å². The Labute approximate surface area is 119 Å². The molecule has 0 unspecified atom stereocenters. The number of nitrogens with zero attached hydrogens (tertiary/aromatic N) is 2. The summed E-state index contributed by atoms with van der Waals surface area (Å²) in [6, 6.07) is 2.53. The maximum atomic E-state index is 5.52. The SMILES string of the molecule is Cc1ccnc2c1[nH]c(=S)n2C1CCC(C)(C)CC1.